The number of benzene rings is 2. The standard InChI is InChI=1S/C26H25ClN2O/c1-18-13-14-23(29(24(30)16-27)26(18)21-11-7-4-8-12-21)22-15-19(2)25(28-17-22)20-9-5-3-6-10-20/h3-13,15,17,23,26H,14,16H2,1-2H3/t23-,26+/m0/s1. The molecule has 0 spiro atoms. The van der Waals surface area contributed by atoms with E-state index in [0.29, 0.717) is 0 Å². The van der Waals surface area contributed by atoms with E-state index < -0.39 is 0 Å². The van der Waals surface area contributed by atoms with Gasteiger partial charge in [-0.25, -0.2) is 0 Å². The molecule has 1 aromatic heterocycles. The molecule has 0 aliphatic carbocycles. The highest BCUT2D eigenvalue weighted by atomic mass is 35.5. The van der Waals surface area contributed by atoms with Crippen LogP contribution in [-0.2, 0) is 4.79 Å². The number of carbonyl (C=O) groups excluding carboxylic acids is 1. The van der Waals surface area contributed by atoms with Gasteiger partial charge < -0.3 is 4.90 Å². The SMILES string of the molecule is CC1=CC[C@@H](c2cnc(-c3ccccc3)c(C)c2)N(C(=O)CCl)[C@H]1c1ccccc1. The fraction of sp³-hybridized carbons (Fsp3) is 0.231. The molecule has 4 heteroatoms. The number of amides is 1. The van der Waals surface area contributed by atoms with Gasteiger partial charge >= 0.3 is 0 Å². The summed E-state index contributed by atoms with van der Waals surface area (Å²) in [4.78, 5) is 19.7. The molecule has 1 aliphatic rings. The summed E-state index contributed by atoms with van der Waals surface area (Å²) in [6.45, 7) is 4.16. The van der Waals surface area contributed by atoms with E-state index in [1.165, 1.54) is 5.57 Å². The van der Waals surface area contributed by atoms with Crippen LogP contribution >= 0.6 is 11.6 Å². The Morgan fingerprint density at radius 2 is 1.70 bits per heavy atom. The number of hydrogen-bond acceptors (Lipinski definition) is 2. The van der Waals surface area contributed by atoms with Crippen molar-refractivity contribution in [3.63, 3.8) is 0 Å². The van der Waals surface area contributed by atoms with Gasteiger partial charge in [0.2, 0.25) is 5.91 Å². The van der Waals surface area contributed by atoms with E-state index in [0.717, 1.165) is 34.4 Å². The van der Waals surface area contributed by atoms with Gasteiger partial charge in [-0.2, -0.15) is 0 Å². The van der Waals surface area contributed by atoms with Crippen LogP contribution < -0.4 is 0 Å². The molecule has 30 heavy (non-hydrogen) atoms. The minimum atomic E-state index is -0.120. The number of aryl methyl sites for hydroxylation is 1. The molecule has 2 atom stereocenters. The number of aromatic nitrogens is 1. The lowest BCUT2D eigenvalue weighted by Gasteiger charge is -2.42. The van der Waals surface area contributed by atoms with Crippen LogP contribution in [0.2, 0.25) is 0 Å². The highest BCUT2D eigenvalue weighted by molar-refractivity contribution is 6.27. The Morgan fingerprint density at radius 3 is 2.33 bits per heavy atom. The Balaban J connectivity index is 1.76. The van der Waals surface area contributed by atoms with E-state index in [1.54, 1.807) is 0 Å². The molecule has 1 amide bonds. The minimum Gasteiger partial charge on any atom is -0.323 e. The average molecular weight is 417 g/mol. The second-order valence-electron chi connectivity index (χ2n) is 7.75. The summed E-state index contributed by atoms with van der Waals surface area (Å²) < 4.78 is 0. The van der Waals surface area contributed by atoms with Gasteiger partial charge in [0.05, 0.1) is 17.8 Å². The van der Waals surface area contributed by atoms with Crippen molar-refractivity contribution in [3.05, 3.63) is 101 Å². The zero-order valence-corrected chi connectivity index (χ0v) is 18.0. The largest absolute Gasteiger partial charge is 0.323 e. The van der Waals surface area contributed by atoms with E-state index >= 15 is 0 Å². The number of carbonyl (C=O) groups is 1. The number of hydrogen-bond donors (Lipinski definition) is 0. The normalized spacial score (nSPS) is 18.8. The molecule has 0 saturated heterocycles. The first-order valence-corrected chi connectivity index (χ1v) is 10.7. The van der Waals surface area contributed by atoms with Crippen molar-refractivity contribution >= 4 is 17.5 Å². The third kappa shape index (κ3) is 3.90. The first-order valence-electron chi connectivity index (χ1n) is 10.2. The quantitative estimate of drug-likeness (QED) is 0.371. The molecule has 0 N–H and O–H groups in total. The zero-order chi connectivity index (χ0) is 21.1. The molecule has 4 rings (SSSR count). The Morgan fingerprint density at radius 1 is 1.03 bits per heavy atom. The van der Waals surface area contributed by atoms with Crippen LogP contribution in [-0.4, -0.2) is 21.7 Å². The van der Waals surface area contributed by atoms with Gasteiger partial charge in [-0.15, -0.1) is 11.6 Å². The van der Waals surface area contributed by atoms with Crippen LogP contribution in [0.5, 0.6) is 0 Å². The van der Waals surface area contributed by atoms with E-state index in [4.69, 9.17) is 16.6 Å². The second-order valence-corrected chi connectivity index (χ2v) is 8.01. The van der Waals surface area contributed by atoms with Crippen molar-refractivity contribution in [2.75, 3.05) is 5.88 Å². The van der Waals surface area contributed by atoms with Gasteiger partial charge in [-0.05, 0) is 37.0 Å². The monoisotopic (exact) mass is 416 g/mol. The van der Waals surface area contributed by atoms with Crippen molar-refractivity contribution in [3.8, 4) is 11.3 Å². The molecule has 0 bridgehead atoms. The molecule has 2 aromatic carbocycles. The summed E-state index contributed by atoms with van der Waals surface area (Å²) in [6.07, 6.45) is 4.90. The summed E-state index contributed by atoms with van der Waals surface area (Å²) >= 11 is 6.05. The highest BCUT2D eigenvalue weighted by Gasteiger charge is 2.36. The van der Waals surface area contributed by atoms with E-state index in [2.05, 4.69) is 50.3 Å². The lowest BCUT2D eigenvalue weighted by molar-refractivity contribution is -0.133. The molecule has 152 valence electrons. The van der Waals surface area contributed by atoms with Crippen molar-refractivity contribution in [1.82, 2.24) is 9.88 Å². The van der Waals surface area contributed by atoms with Crippen LogP contribution in [0.25, 0.3) is 11.3 Å². The Bertz CT molecular complexity index is 1060. The number of nitrogens with zero attached hydrogens (tertiary/aromatic N) is 2. The maximum absolute atomic E-state index is 13.0. The summed E-state index contributed by atoms with van der Waals surface area (Å²) in [5.74, 6) is -0.102. The fourth-order valence-electron chi connectivity index (χ4n) is 4.34. The van der Waals surface area contributed by atoms with Gasteiger partial charge in [-0.3, -0.25) is 9.78 Å². The van der Waals surface area contributed by atoms with Gasteiger partial charge in [0.25, 0.3) is 0 Å². The molecule has 0 saturated carbocycles. The van der Waals surface area contributed by atoms with Crippen LogP contribution in [0.15, 0.2) is 84.6 Å². The Hall–Kier alpha value is -2.91. The summed E-state index contributed by atoms with van der Waals surface area (Å²) in [6, 6.07) is 22.3. The molecule has 2 heterocycles. The predicted octanol–water partition coefficient (Wildman–Crippen LogP) is 6.26. The van der Waals surface area contributed by atoms with Crippen molar-refractivity contribution in [2.45, 2.75) is 32.4 Å². The van der Waals surface area contributed by atoms with E-state index in [1.807, 2.05) is 47.5 Å². The molecular formula is C26H25ClN2O. The molecule has 0 radical (unpaired) electrons. The Labute approximate surface area is 183 Å². The van der Waals surface area contributed by atoms with Crippen LogP contribution in [0.1, 0.15) is 42.1 Å². The van der Waals surface area contributed by atoms with Crippen molar-refractivity contribution in [1.29, 1.82) is 0 Å². The maximum Gasteiger partial charge on any atom is 0.238 e. The predicted molar refractivity (Wildman–Crippen MR) is 122 cm³/mol. The summed E-state index contributed by atoms with van der Waals surface area (Å²) in [5.41, 5.74) is 6.46. The lowest BCUT2D eigenvalue weighted by atomic mass is 9.87. The third-order valence-corrected chi connectivity index (χ3v) is 5.99. The number of pyridine rings is 1. The Kier molecular flexibility index (Phi) is 6.01. The van der Waals surface area contributed by atoms with Crippen LogP contribution in [0.3, 0.4) is 0 Å². The van der Waals surface area contributed by atoms with Crippen LogP contribution in [0.4, 0.5) is 0 Å². The van der Waals surface area contributed by atoms with Crippen LogP contribution in [0, 0.1) is 6.92 Å². The lowest BCUT2D eigenvalue weighted by Crippen LogP contribution is -2.41. The van der Waals surface area contributed by atoms with E-state index in [9.17, 15) is 4.79 Å². The van der Waals surface area contributed by atoms with Crippen molar-refractivity contribution < 1.29 is 4.79 Å². The number of rotatable bonds is 4. The molecular weight excluding hydrogens is 392 g/mol. The van der Waals surface area contributed by atoms with Gasteiger partial charge in [-0.1, -0.05) is 78.4 Å². The highest BCUT2D eigenvalue weighted by Crippen LogP contribution is 2.42. The molecule has 0 unspecified atom stereocenters. The average Bonchev–Trinajstić information content (AvgIpc) is 2.79. The first-order chi connectivity index (χ1) is 14.6. The maximum atomic E-state index is 13.0. The number of alkyl halides is 1. The minimum absolute atomic E-state index is 0.0401. The van der Waals surface area contributed by atoms with Crippen molar-refractivity contribution in [2.24, 2.45) is 0 Å². The van der Waals surface area contributed by atoms with E-state index in [-0.39, 0.29) is 23.9 Å². The van der Waals surface area contributed by atoms with Gasteiger partial charge in [0.1, 0.15) is 5.88 Å². The fourth-order valence-corrected chi connectivity index (χ4v) is 4.48. The first kappa shape index (κ1) is 20.4. The van der Waals surface area contributed by atoms with Gasteiger partial charge in [0, 0.05) is 11.8 Å². The molecule has 3 aromatic rings. The third-order valence-electron chi connectivity index (χ3n) is 5.76. The number of halogens is 1. The summed E-state index contributed by atoms with van der Waals surface area (Å²) in [7, 11) is 0. The smallest absolute Gasteiger partial charge is 0.238 e. The second kappa shape index (κ2) is 8.85. The summed E-state index contributed by atoms with van der Waals surface area (Å²) in [5, 5.41) is 0. The van der Waals surface area contributed by atoms with Gasteiger partial charge in [0.15, 0.2) is 0 Å². The topological polar surface area (TPSA) is 33.2 Å². The molecule has 3 nitrogen and oxygen atoms in total. The zero-order valence-electron chi connectivity index (χ0n) is 17.3. The molecule has 1 aliphatic heterocycles. The molecule has 0 fully saturated rings.